The van der Waals surface area contributed by atoms with Crippen LogP contribution in [-0.4, -0.2) is 75.0 Å². The van der Waals surface area contributed by atoms with Crippen molar-refractivity contribution >= 4 is 11.8 Å². The molecule has 1 unspecified atom stereocenters. The molecule has 1 aliphatic heterocycles. The Morgan fingerprint density at radius 1 is 1.36 bits per heavy atom. The number of nitrogens with one attached hydrogen (secondary N) is 1. The summed E-state index contributed by atoms with van der Waals surface area (Å²) in [6.45, 7) is 9.75. The van der Waals surface area contributed by atoms with Gasteiger partial charge in [0, 0.05) is 5.87 Å². The molecule has 0 radical (unpaired) electrons. The van der Waals surface area contributed by atoms with E-state index >= 15 is 0 Å². The summed E-state index contributed by atoms with van der Waals surface area (Å²) in [5.41, 5.74) is -0.404. The predicted octanol–water partition coefficient (Wildman–Crippen LogP) is 0.500. The van der Waals surface area contributed by atoms with E-state index in [0.29, 0.717) is 19.8 Å². The summed E-state index contributed by atoms with van der Waals surface area (Å²) in [4.78, 5) is 11.5. The minimum atomic E-state index is -0.787. The van der Waals surface area contributed by atoms with E-state index in [9.17, 15) is 4.79 Å². The summed E-state index contributed by atoms with van der Waals surface area (Å²) in [7, 11) is 0. The Morgan fingerprint density at radius 2 is 2.00 bits per heavy atom. The Morgan fingerprint density at radius 3 is 2.50 bits per heavy atom. The average molecular weight is 310 g/mol. The molecule has 1 rings (SSSR count). The summed E-state index contributed by atoms with van der Waals surface area (Å²) in [5, 5.41) is 15.5. The van der Waals surface area contributed by atoms with E-state index in [-0.39, 0.29) is 12.7 Å². The zero-order valence-electron chi connectivity index (χ0n) is 13.3. The summed E-state index contributed by atoms with van der Waals surface area (Å²) < 4.78 is 16.5. The lowest BCUT2D eigenvalue weighted by Crippen LogP contribution is -2.52. The van der Waals surface area contributed by atoms with Gasteiger partial charge in [-0.15, -0.1) is 0 Å². The van der Waals surface area contributed by atoms with Crippen LogP contribution in [0.15, 0.2) is 5.57 Å². The van der Waals surface area contributed by atoms with Crippen LogP contribution in [0.3, 0.4) is 0 Å². The molecule has 1 fully saturated rings. The third-order valence-corrected chi connectivity index (χ3v) is 4.00. The van der Waals surface area contributed by atoms with Gasteiger partial charge in [-0.3, -0.25) is 5.41 Å². The van der Waals surface area contributed by atoms with E-state index in [1.54, 1.807) is 11.9 Å². The first-order valence-corrected chi connectivity index (χ1v) is 7.52. The van der Waals surface area contributed by atoms with E-state index in [1.807, 2.05) is 0 Å². The zero-order chi connectivity index (χ0) is 16.4. The second-order valence-corrected chi connectivity index (χ2v) is 5.20. The summed E-state index contributed by atoms with van der Waals surface area (Å²) in [6, 6.07) is 1.59. The number of rotatable bonds is 11. The third-order valence-electron chi connectivity index (χ3n) is 4.00. The van der Waals surface area contributed by atoms with Crippen molar-refractivity contribution in [3.8, 4) is 6.07 Å². The number of hydrogen-bond acceptors (Lipinski definition) is 6. The molecule has 0 bridgehead atoms. The van der Waals surface area contributed by atoms with Gasteiger partial charge in [0.1, 0.15) is 31.9 Å². The smallest absolute Gasteiger partial charge is 0.358 e. The van der Waals surface area contributed by atoms with Crippen molar-refractivity contribution in [1.82, 2.24) is 0 Å². The van der Waals surface area contributed by atoms with Gasteiger partial charge in [-0.2, -0.15) is 5.26 Å². The largest absolute Gasteiger partial charge is 0.455 e. The molecular formula is C15H24N3O4+. The van der Waals surface area contributed by atoms with E-state index in [2.05, 4.69) is 13.8 Å². The number of carbonyl (C=O) groups excluding carboxylic acids is 1. The molecule has 1 aliphatic rings. The van der Waals surface area contributed by atoms with E-state index in [1.165, 1.54) is 0 Å². The van der Waals surface area contributed by atoms with Gasteiger partial charge in [0.2, 0.25) is 0 Å². The molecule has 1 saturated heterocycles. The Balaban J connectivity index is 2.36. The minimum absolute atomic E-state index is 0.207. The van der Waals surface area contributed by atoms with Crippen LogP contribution in [0.1, 0.15) is 13.8 Å². The van der Waals surface area contributed by atoms with Gasteiger partial charge in [0.15, 0.2) is 5.57 Å². The summed E-state index contributed by atoms with van der Waals surface area (Å²) in [6.07, 6.45) is 0.267. The summed E-state index contributed by atoms with van der Waals surface area (Å²) in [5.74, 6) is 0.992. The SMILES string of the molecule is CC[N+](CC)(CCOCC1CO1)CCOC(=O)C(=C=N)C#N. The molecular weight excluding hydrogens is 286 g/mol. The fourth-order valence-electron chi connectivity index (χ4n) is 2.13. The van der Waals surface area contributed by atoms with Crippen molar-refractivity contribution in [1.29, 1.82) is 10.7 Å². The molecule has 0 aromatic carbocycles. The normalized spacial score (nSPS) is 16.5. The first-order chi connectivity index (χ1) is 10.6. The number of esters is 1. The van der Waals surface area contributed by atoms with Crippen LogP contribution >= 0.6 is 0 Å². The molecule has 0 aromatic heterocycles. The molecule has 122 valence electrons. The van der Waals surface area contributed by atoms with Crippen molar-refractivity contribution in [3.05, 3.63) is 5.57 Å². The highest BCUT2D eigenvalue weighted by molar-refractivity contribution is 6.01. The maximum Gasteiger partial charge on any atom is 0.358 e. The highest BCUT2D eigenvalue weighted by atomic mass is 16.6. The zero-order valence-corrected chi connectivity index (χ0v) is 13.3. The third kappa shape index (κ3) is 5.96. The monoisotopic (exact) mass is 310 g/mol. The van der Waals surface area contributed by atoms with Gasteiger partial charge < -0.3 is 18.7 Å². The second-order valence-electron chi connectivity index (χ2n) is 5.20. The first kappa shape index (κ1) is 18.3. The van der Waals surface area contributed by atoms with Gasteiger partial charge in [0.25, 0.3) is 0 Å². The fourth-order valence-corrected chi connectivity index (χ4v) is 2.13. The van der Waals surface area contributed by atoms with Crippen molar-refractivity contribution in [2.24, 2.45) is 0 Å². The molecule has 1 heterocycles. The number of hydrogen-bond donors (Lipinski definition) is 1. The van der Waals surface area contributed by atoms with Crippen molar-refractivity contribution in [3.63, 3.8) is 0 Å². The summed E-state index contributed by atoms with van der Waals surface area (Å²) >= 11 is 0. The average Bonchev–Trinajstić information content (AvgIpc) is 3.35. The molecule has 0 spiro atoms. The van der Waals surface area contributed by atoms with Gasteiger partial charge >= 0.3 is 5.97 Å². The Labute approximate surface area is 131 Å². The standard InChI is InChI=1S/C15H24N3O4/c1-3-18(4-2,5-7-20-11-14-12-22-14)6-8-21-15(19)13(9-16)10-17/h14,16H,3-8,11-12H2,1-2H3/q+1. The van der Waals surface area contributed by atoms with Crippen LogP contribution in [0.25, 0.3) is 0 Å². The lowest BCUT2D eigenvalue weighted by atomic mass is 10.3. The molecule has 0 amide bonds. The molecule has 1 N–H and O–H groups in total. The number of likely N-dealkylation sites (N-methyl/N-ethyl adjacent to an activating group) is 1. The Bertz CT molecular complexity index is 458. The van der Waals surface area contributed by atoms with Crippen LogP contribution in [0, 0.1) is 16.7 Å². The molecule has 7 heteroatoms. The second kappa shape index (κ2) is 9.34. The molecule has 0 aromatic rings. The van der Waals surface area contributed by atoms with Gasteiger partial charge in [-0.05, 0) is 13.8 Å². The highest BCUT2D eigenvalue weighted by Crippen LogP contribution is 2.10. The van der Waals surface area contributed by atoms with Crippen molar-refractivity contribution < 1.29 is 23.5 Å². The minimum Gasteiger partial charge on any atom is -0.455 e. The lowest BCUT2D eigenvalue weighted by molar-refractivity contribution is -0.925. The highest BCUT2D eigenvalue weighted by Gasteiger charge is 2.26. The number of nitriles is 1. The first-order valence-electron chi connectivity index (χ1n) is 7.52. The van der Waals surface area contributed by atoms with Crippen LogP contribution in [0.5, 0.6) is 0 Å². The fraction of sp³-hybridized carbons (Fsp3) is 0.733. The Kier molecular flexibility index (Phi) is 7.78. The molecule has 0 aliphatic carbocycles. The molecule has 7 nitrogen and oxygen atoms in total. The van der Waals surface area contributed by atoms with Crippen LogP contribution in [0.4, 0.5) is 0 Å². The number of nitrogens with zero attached hydrogens (tertiary/aromatic N) is 2. The Hall–Kier alpha value is -1.71. The molecule has 22 heavy (non-hydrogen) atoms. The topological polar surface area (TPSA) is 95.7 Å². The molecule has 0 saturated carbocycles. The van der Waals surface area contributed by atoms with E-state index in [0.717, 1.165) is 30.7 Å². The maximum atomic E-state index is 11.5. The number of ether oxygens (including phenoxy) is 3. The van der Waals surface area contributed by atoms with Crippen molar-refractivity contribution in [2.45, 2.75) is 20.0 Å². The molecule has 1 atom stereocenters. The maximum absolute atomic E-state index is 11.5. The van der Waals surface area contributed by atoms with Crippen molar-refractivity contribution in [2.75, 3.05) is 52.6 Å². The van der Waals surface area contributed by atoms with E-state index in [4.69, 9.17) is 24.9 Å². The number of epoxide rings is 1. The number of carbonyl (C=O) groups is 1. The van der Waals surface area contributed by atoms with E-state index < -0.39 is 11.5 Å². The van der Waals surface area contributed by atoms with Crippen LogP contribution < -0.4 is 0 Å². The van der Waals surface area contributed by atoms with Crippen LogP contribution in [0.2, 0.25) is 0 Å². The number of quaternary nitrogens is 1. The van der Waals surface area contributed by atoms with Gasteiger partial charge in [-0.25, -0.2) is 4.79 Å². The van der Waals surface area contributed by atoms with Crippen LogP contribution in [-0.2, 0) is 19.0 Å². The quantitative estimate of drug-likeness (QED) is 0.114. The predicted molar refractivity (Wildman–Crippen MR) is 79.4 cm³/mol. The van der Waals surface area contributed by atoms with Gasteiger partial charge in [-0.1, -0.05) is 0 Å². The van der Waals surface area contributed by atoms with Gasteiger partial charge in [0.05, 0.1) is 32.9 Å². The lowest BCUT2D eigenvalue weighted by Gasteiger charge is -2.36.